The minimum Gasteiger partial charge on any atom is -0.369 e. The molecule has 0 radical (unpaired) electrons. The molecule has 3 N–H and O–H groups in total. The third-order valence-electron chi connectivity index (χ3n) is 7.27. The van der Waals surface area contributed by atoms with Gasteiger partial charge in [0.25, 0.3) is 0 Å². The van der Waals surface area contributed by atoms with Crippen LogP contribution in [0.25, 0.3) is 10.9 Å². The van der Waals surface area contributed by atoms with Gasteiger partial charge in [-0.25, -0.2) is 9.97 Å². The van der Waals surface area contributed by atoms with Crippen molar-refractivity contribution in [2.45, 2.75) is 31.1 Å². The van der Waals surface area contributed by atoms with E-state index >= 15 is 0 Å². The van der Waals surface area contributed by atoms with Gasteiger partial charge in [-0.1, -0.05) is 36.6 Å². The van der Waals surface area contributed by atoms with Gasteiger partial charge in [-0.15, -0.1) is 0 Å². The summed E-state index contributed by atoms with van der Waals surface area (Å²) in [6.45, 7) is 5.47. The predicted octanol–water partition coefficient (Wildman–Crippen LogP) is 4.27. The number of nitrogens with zero attached hydrogens (tertiary/aromatic N) is 4. The highest BCUT2D eigenvalue weighted by molar-refractivity contribution is 6.30. The predicted molar refractivity (Wildman–Crippen MR) is 137 cm³/mol. The van der Waals surface area contributed by atoms with Gasteiger partial charge in [0, 0.05) is 55.4 Å². The first-order valence-electron chi connectivity index (χ1n) is 12.0. The minimum absolute atomic E-state index is 0.179. The molecule has 0 unspecified atom stereocenters. The van der Waals surface area contributed by atoms with Crippen LogP contribution in [0.5, 0.6) is 0 Å². The van der Waals surface area contributed by atoms with E-state index in [1.807, 2.05) is 12.1 Å². The van der Waals surface area contributed by atoms with Gasteiger partial charge >= 0.3 is 0 Å². The Morgan fingerprint density at radius 1 is 1.00 bits per heavy atom. The van der Waals surface area contributed by atoms with Crippen molar-refractivity contribution in [1.82, 2.24) is 14.9 Å². The van der Waals surface area contributed by atoms with Crippen LogP contribution < -0.4 is 16.0 Å². The Bertz CT molecular complexity index is 1100. The van der Waals surface area contributed by atoms with Crippen molar-refractivity contribution in [3.63, 3.8) is 0 Å². The van der Waals surface area contributed by atoms with Crippen LogP contribution in [0.3, 0.4) is 0 Å². The van der Waals surface area contributed by atoms with Crippen LogP contribution in [-0.4, -0.2) is 61.2 Å². The summed E-state index contributed by atoms with van der Waals surface area (Å²) in [4.78, 5) is 15.2. The van der Waals surface area contributed by atoms with Gasteiger partial charge in [0.2, 0.25) is 0 Å². The molecule has 174 valence electrons. The fraction of sp³-hybridized carbons (Fsp3) is 0.462. The molecule has 2 heterocycles. The van der Waals surface area contributed by atoms with Crippen LogP contribution >= 0.6 is 11.6 Å². The summed E-state index contributed by atoms with van der Waals surface area (Å²) >= 11 is 6.21. The Kier molecular flexibility index (Phi) is 6.41. The largest absolute Gasteiger partial charge is 0.369 e. The summed E-state index contributed by atoms with van der Waals surface area (Å²) in [5.41, 5.74) is 9.12. The van der Waals surface area contributed by atoms with Crippen molar-refractivity contribution < 1.29 is 0 Å². The van der Waals surface area contributed by atoms with Crippen LogP contribution in [-0.2, 0) is 5.41 Å². The molecule has 0 atom stereocenters. The number of rotatable bonds is 6. The van der Waals surface area contributed by atoms with E-state index in [0.29, 0.717) is 13.1 Å². The fourth-order valence-corrected chi connectivity index (χ4v) is 5.43. The summed E-state index contributed by atoms with van der Waals surface area (Å²) in [6.07, 6.45) is 4.46. The average Bonchev–Trinajstić information content (AvgIpc) is 3.34. The summed E-state index contributed by atoms with van der Waals surface area (Å²) in [6, 6.07) is 14.9. The topological polar surface area (TPSA) is 70.3 Å². The lowest BCUT2D eigenvalue weighted by Gasteiger charge is -2.34. The molecular weight excluding hydrogens is 432 g/mol. The van der Waals surface area contributed by atoms with Crippen molar-refractivity contribution in [2.24, 2.45) is 5.73 Å². The second-order valence-corrected chi connectivity index (χ2v) is 9.84. The molecule has 0 bridgehead atoms. The molecule has 2 fully saturated rings. The summed E-state index contributed by atoms with van der Waals surface area (Å²) in [7, 11) is 2.18. The Morgan fingerprint density at radius 3 is 2.42 bits per heavy atom. The maximum atomic E-state index is 6.21. The first-order chi connectivity index (χ1) is 16.1. The Balaban J connectivity index is 1.62. The summed E-state index contributed by atoms with van der Waals surface area (Å²) < 4.78 is 0. The van der Waals surface area contributed by atoms with E-state index in [4.69, 9.17) is 27.3 Å². The van der Waals surface area contributed by atoms with Crippen molar-refractivity contribution >= 4 is 34.0 Å². The van der Waals surface area contributed by atoms with Gasteiger partial charge in [-0.05, 0) is 55.8 Å². The third kappa shape index (κ3) is 4.39. The maximum Gasteiger partial charge on any atom is 0.141 e. The molecule has 1 aromatic heterocycles. The molecule has 33 heavy (non-hydrogen) atoms. The number of piperazine rings is 1. The van der Waals surface area contributed by atoms with Crippen molar-refractivity contribution in [1.29, 1.82) is 0 Å². The third-order valence-corrected chi connectivity index (χ3v) is 7.52. The second-order valence-electron chi connectivity index (χ2n) is 9.40. The summed E-state index contributed by atoms with van der Waals surface area (Å²) in [5.74, 6) is 1.79. The highest BCUT2D eigenvalue weighted by Gasteiger charge is 2.40. The van der Waals surface area contributed by atoms with Gasteiger partial charge in [0.05, 0.1) is 10.9 Å². The Morgan fingerprint density at radius 2 is 1.73 bits per heavy atom. The molecule has 0 spiro atoms. The lowest BCUT2D eigenvalue weighted by atomic mass is 9.78. The van der Waals surface area contributed by atoms with E-state index < -0.39 is 0 Å². The van der Waals surface area contributed by atoms with Crippen LogP contribution in [0.1, 0.15) is 37.1 Å². The smallest absolute Gasteiger partial charge is 0.141 e. The number of nitrogens with one attached hydrogen (secondary N) is 1. The quantitative estimate of drug-likeness (QED) is 0.567. The van der Waals surface area contributed by atoms with Gasteiger partial charge in [0.15, 0.2) is 0 Å². The van der Waals surface area contributed by atoms with E-state index in [1.54, 1.807) is 0 Å². The zero-order valence-corrected chi connectivity index (χ0v) is 20.1. The highest BCUT2D eigenvalue weighted by atomic mass is 35.5. The number of hydrogen-bond donors (Lipinski definition) is 2. The van der Waals surface area contributed by atoms with E-state index in [1.165, 1.54) is 24.1 Å². The van der Waals surface area contributed by atoms with Gasteiger partial charge in [-0.3, -0.25) is 0 Å². The molecule has 2 aromatic carbocycles. The SMILES string of the molecule is CN1CCN(c2ccc3c(NCCN)nc(C4(c5ccc(Cl)cc5)CCCC4)nc3c2)CC1. The number of likely N-dealkylation sites (N-methyl/N-ethyl adjacent to an activating group) is 1. The van der Waals surface area contributed by atoms with E-state index in [9.17, 15) is 0 Å². The molecular formula is C26H33ClN6. The number of halogens is 1. The van der Waals surface area contributed by atoms with E-state index in [2.05, 4.69) is 52.5 Å². The lowest BCUT2D eigenvalue weighted by molar-refractivity contribution is 0.313. The van der Waals surface area contributed by atoms with Crippen LogP contribution in [0.2, 0.25) is 5.02 Å². The zero-order chi connectivity index (χ0) is 22.8. The summed E-state index contributed by atoms with van der Waals surface area (Å²) in [5, 5.41) is 5.27. The first kappa shape index (κ1) is 22.4. The average molecular weight is 465 g/mol. The van der Waals surface area contributed by atoms with Gasteiger partial charge in [0.1, 0.15) is 11.6 Å². The van der Waals surface area contributed by atoms with Gasteiger partial charge in [-0.2, -0.15) is 0 Å². The van der Waals surface area contributed by atoms with Gasteiger partial charge < -0.3 is 20.9 Å². The number of hydrogen-bond acceptors (Lipinski definition) is 6. The number of nitrogens with two attached hydrogens (primary N) is 1. The standard InChI is InChI=1S/C26H33ClN6/c1-32-14-16-33(17-15-32)21-8-9-22-23(18-21)30-25(31-24(22)29-13-12-28)26(10-2-3-11-26)19-4-6-20(27)7-5-19/h4-9,18H,2-3,10-17,28H2,1H3,(H,29,30,31). The number of benzene rings is 2. The number of aromatic nitrogens is 2. The van der Waals surface area contributed by atoms with Crippen molar-refractivity contribution in [3.8, 4) is 0 Å². The van der Waals surface area contributed by atoms with Crippen LogP contribution in [0, 0.1) is 0 Å². The molecule has 6 nitrogen and oxygen atoms in total. The zero-order valence-electron chi connectivity index (χ0n) is 19.4. The molecule has 1 saturated heterocycles. The van der Waals surface area contributed by atoms with Crippen LogP contribution in [0.4, 0.5) is 11.5 Å². The maximum absolute atomic E-state index is 6.21. The molecule has 7 heteroatoms. The molecule has 1 aliphatic carbocycles. The molecule has 1 saturated carbocycles. The molecule has 2 aliphatic rings. The fourth-order valence-electron chi connectivity index (χ4n) is 5.31. The Labute approximate surface area is 201 Å². The molecule has 0 amide bonds. The molecule has 5 rings (SSSR count). The lowest BCUT2D eigenvalue weighted by Crippen LogP contribution is -2.44. The second kappa shape index (κ2) is 9.45. The monoisotopic (exact) mass is 464 g/mol. The van der Waals surface area contributed by atoms with E-state index in [-0.39, 0.29) is 5.41 Å². The first-order valence-corrected chi connectivity index (χ1v) is 12.4. The normalized spacial score (nSPS) is 18.7. The minimum atomic E-state index is -0.179. The van der Waals surface area contributed by atoms with E-state index in [0.717, 1.165) is 66.6 Å². The molecule has 3 aromatic rings. The molecule has 1 aliphatic heterocycles. The van der Waals surface area contributed by atoms with Crippen molar-refractivity contribution in [3.05, 3.63) is 58.9 Å². The van der Waals surface area contributed by atoms with Crippen molar-refractivity contribution in [2.75, 3.05) is 56.5 Å². The number of fused-ring (bicyclic) bond motifs is 1. The highest BCUT2D eigenvalue weighted by Crippen LogP contribution is 2.46. The number of anilines is 2. The van der Waals surface area contributed by atoms with Crippen LogP contribution in [0.15, 0.2) is 42.5 Å². The Hall–Kier alpha value is -2.41.